The molecule has 6 heteroatoms. The van der Waals surface area contributed by atoms with E-state index in [0.717, 1.165) is 40.5 Å². The summed E-state index contributed by atoms with van der Waals surface area (Å²) < 4.78 is 6.22. The summed E-state index contributed by atoms with van der Waals surface area (Å²) in [6.07, 6.45) is 4.29. The molecule has 0 bridgehead atoms. The number of nitrogens with one attached hydrogen (secondary N) is 1. The molecule has 3 aromatic heterocycles. The number of hydrogen-bond donors (Lipinski definition) is 1. The number of halogens is 1. The lowest BCUT2D eigenvalue weighted by Gasteiger charge is -2.08. The van der Waals surface area contributed by atoms with E-state index in [0.29, 0.717) is 5.82 Å². The minimum absolute atomic E-state index is 0.677. The maximum atomic E-state index is 5.47. The van der Waals surface area contributed by atoms with E-state index in [2.05, 4.69) is 36.2 Å². The van der Waals surface area contributed by atoms with Gasteiger partial charge in [0.25, 0.3) is 0 Å². The fourth-order valence-electron chi connectivity index (χ4n) is 2.08. The van der Waals surface area contributed by atoms with Crippen molar-refractivity contribution in [1.82, 2.24) is 15.0 Å². The number of aryl methyl sites for hydroxylation is 1. The second-order valence-corrected chi connectivity index (χ2v) is 5.62. The summed E-state index contributed by atoms with van der Waals surface area (Å²) in [6.45, 7) is 2.69. The van der Waals surface area contributed by atoms with Crippen LogP contribution in [0.15, 0.2) is 51.8 Å². The third-order valence-corrected chi connectivity index (χ3v) is 3.51. The molecule has 0 aliphatic rings. The summed E-state index contributed by atoms with van der Waals surface area (Å²) in [5.41, 5.74) is 1.82. The Hall–Kier alpha value is -2.21. The van der Waals surface area contributed by atoms with Crippen LogP contribution in [0.5, 0.6) is 0 Å². The number of hydrogen-bond acceptors (Lipinski definition) is 5. The zero-order valence-electron chi connectivity index (χ0n) is 12.1. The van der Waals surface area contributed by atoms with Crippen molar-refractivity contribution in [1.29, 1.82) is 0 Å². The standard InChI is InChI=1S/C16H15BrN4O/c1-11-9-15(19-8-6-13-4-5-14(17)22-13)21-16(20-11)12-3-2-7-18-10-12/h2-5,7,9-10H,6,8H2,1H3,(H,19,20,21). The van der Waals surface area contributed by atoms with E-state index in [1.165, 1.54) is 0 Å². The highest BCUT2D eigenvalue weighted by molar-refractivity contribution is 9.10. The molecule has 22 heavy (non-hydrogen) atoms. The van der Waals surface area contributed by atoms with Gasteiger partial charge in [0.05, 0.1) is 0 Å². The molecular weight excluding hydrogens is 344 g/mol. The minimum atomic E-state index is 0.677. The zero-order chi connectivity index (χ0) is 15.4. The summed E-state index contributed by atoms with van der Waals surface area (Å²) in [7, 11) is 0. The number of pyridine rings is 1. The molecule has 0 aliphatic carbocycles. The highest BCUT2D eigenvalue weighted by Crippen LogP contribution is 2.17. The first kappa shape index (κ1) is 14.7. The van der Waals surface area contributed by atoms with Gasteiger partial charge < -0.3 is 9.73 Å². The maximum Gasteiger partial charge on any atom is 0.169 e. The molecule has 3 rings (SSSR count). The van der Waals surface area contributed by atoms with E-state index in [-0.39, 0.29) is 0 Å². The van der Waals surface area contributed by atoms with E-state index in [9.17, 15) is 0 Å². The third kappa shape index (κ3) is 3.71. The summed E-state index contributed by atoms with van der Waals surface area (Å²) in [4.78, 5) is 13.1. The Morgan fingerprint density at radius 3 is 2.86 bits per heavy atom. The van der Waals surface area contributed by atoms with Gasteiger partial charge >= 0.3 is 0 Å². The molecule has 0 aromatic carbocycles. The Morgan fingerprint density at radius 2 is 2.14 bits per heavy atom. The van der Waals surface area contributed by atoms with Gasteiger partial charge in [-0.3, -0.25) is 4.98 Å². The van der Waals surface area contributed by atoms with Crippen molar-refractivity contribution in [3.05, 3.63) is 58.8 Å². The summed E-state index contributed by atoms with van der Waals surface area (Å²) in [5.74, 6) is 2.41. The lowest BCUT2D eigenvalue weighted by atomic mass is 10.2. The van der Waals surface area contributed by atoms with Crippen LogP contribution in [-0.4, -0.2) is 21.5 Å². The predicted molar refractivity (Wildman–Crippen MR) is 88.6 cm³/mol. The number of rotatable bonds is 5. The molecule has 0 unspecified atom stereocenters. The second-order valence-electron chi connectivity index (χ2n) is 4.84. The van der Waals surface area contributed by atoms with Gasteiger partial charge in [-0.05, 0) is 47.1 Å². The third-order valence-electron chi connectivity index (χ3n) is 3.08. The normalized spacial score (nSPS) is 10.6. The van der Waals surface area contributed by atoms with Gasteiger partial charge in [0.15, 0.2) is 10.5 Å². The monoisotopic (exact) mass is 358 g/mol. The molecule has 0 saturated heterocycles. The predicted octanol–water partition coefficient (Wildman–Crippen LogP) is 3.86. The Labute approximate surface area is 137 Å². The maximum absolute atomic E-state index is 5.47. The summed E-state index contributed by atoms with van der Waals surface area (Å²) >= 11 is 3.30. The molecule has 3 aromatic rings. The van der Waals surface area contributed by atoms with Crippen molar-refractivity contribution in [2.24, 2.45) is 0 Å². The molecule has 1 N–H and O–H groups in total. The number of aromatic nitrogens is 3. The molecule has 3 heterocycles. The highest BCUT2D eigenvalue weighted by Gasteiger charge is 2.05. The highest BCUT2D eigenvalue weighted by atomic mass is 79.9. The average molecular weight is 359 g/mol. The van der Waals surface area contributed by atoms with Crippen molar-refractivity contribution in [3.63, 3.8) is 0 Å². The Kier molecular flexibility index (Phi) is 4.48. The van der Waals surface area contributed by atoms with E-state index >= 15 is 0 Å². The van der Waals surface area contributed by atoms with Crippen LogP contribution in [0.25, 0.3) is 11.4 Å². The van der Waals surface area contributed by atoms with Crippen LogP contribution < -0.4 is 5.32 Å². The van der Waals surface area contributed by atoms with Gasteiger partial charge in [-0.2, -0.15) is 0 Å². The zero-order valence-corrected chi connectivity index (χ0v) is 13.7. The molecule has 0 spiro atoms. The Balaban J connectivity index is 1.70. The first-order valence-corrected chi connectivity index (χ1v) is 7.74. The van der Waals surface area contributed by atoms with E-state index in [1.807, 2.05) is 37.3 Å². The molecule has 5 nitrogen and oxygen atoms in total. The molecule has 0 fully saturated rings. The fraction of sp³-hybridized carbons (Fsp3) is 0.188. The quantitative estimate of drug-likeness (QED) is 0.750. The van der Waals surface area contributed by atoms with Crippen molar-refractivity contribution >= 4 is 21.7 Å². The fourth-order valence-corrected chi connectivity index (χ4v) is 2.42. The van der Waals surface area contributed by atoms with Gasteiger partial charge in [0.2, 0.25) is 0 Å². The number of furan rings is 1. The lowest BCUT2D eigenvalue weighted by molar-refractivity contribution is 0.491. The topological polar surface area (TPSA) is 63.8 Å². The Morgan fingerprint density at radius 1 is 1.23 bits per heavy atom. The van der Waals surface area contributed by atoms with Crippen LogP contribution in [0.4, 0.5) is 5.82 Å². The van der Waals surface area contributed by atoms with Crippen molar-refractivity contribution in [3.8, 4) is 11.4 Å². The van der Waals surface area contributed by atoms with Gasteiger partial charge in [-0.25, -0.2) is 9.97 Å². The van der Waals surface area contributed by atoms with Crippen LogP contribution in [0, 0.1) is 6.92 Å². The number of anilines is 1. The van der Waals surface area contributed by atoms with E-state index in [1.54, 1.807) is 12.4 Å². The molecule has 0 aliphatic heterocycles. The number of nitrogens with zero attached hydrogens (tertiary/aromatic N) is 3. The van der Waals surface area contributed by atoms with Crippen LogP contribution in [-0.2, 0) is 6.42 Å². The SMILES string of the molecule is Cc1cc(NCCc2ccc(Br)o2)nc(-c2cccnc2)n1. The van der Waals surface area contributed by atoms with Crippen molar-refractivity contribution in [2.45, 2.75) is 13.3 Å². The second kappa shape index (κ2) is 6.70. The van der Waals surface area contributed by atoms with Crippen LogP contribution in [0.1, 0.15) is 11.5 Å². The summed E-state index contributed by atoms with van der Waals surface area (Å²) in [5, 5.41) is 3.31. The molecule has 0 atom stereocenters. The molecular formula is C16H15BrN4O. The molecule has 0 radical (unpaired) electrons. The summed E-state index contributed by atoms with van der Waals surface area (Å²) in [6, 6.07) is 9.61. The van der Waals surface area contributed by atoms with Gasteiger partial charge in [-0.15, -0.1) is 0 Å². The van der Waals surface area contributed by atoms with Crippen molar-refractivity contribution in [2.75, 3.05) is 11.9 Å². The first-order chi connectivity index (χ1) is 10.7. The van der Waals surface area contributed by atoms with Gasteiger partial charge in [-0.1, -0.05) is 0 Å². The van der Waals surface area contributed by atoms with Crippen LogP contribution >= 0.6 is 15.9 Å². The van der Waals surface area contributed by atoms with Crippen molar-refractivity contribution < 1.29 is 4.42 Å². The van der Waals surface area contributed by atoms with E-state index in [4.69, 9.17) is 4.42 Å². The minimum Gasteiger partial charge on any atom is -0.454 e. The molecule has 112 valence electrons. The van der Waals surface area contributed by atoms with E-state index < -0.39 is 0 Å². The smallest absolute Gasteiger partial charge is 0.169 e. The van der Waals surface area contributed by atoms with Crippen LogP contribution in [0.3, 0.4) is 0 Å². The largest absolute Gasteiger partial charge is 0.454 e. The Bertz CT molecular complexity index is 758. The van der Waals surface area contributed by atoms with Crippen LogP contribution in [0.2, 0.25) is 0 Å². The first-order valence-electron chi connectivity index (χ1n) is 6.95. The average Bonchev–Trinajstić information content (AvgIpc) is 2.93. The van der Waals surface area contributed by atoms with Gasteiger partial charge in [0.1, 0.15) is 11.6 Å². The molecule has 0 saturated carbocycles. The lowest BCUT2D eigenvalue weighted by Crippen LogP contribution is -2.07. The molecule has 0 amide bonds. The van der Waals surface area contributed by atoms with Gasteiger partial charge in [0, 0.05) is 42.7 Å².